The van der Waals surface area contributed by atoms with Gasteiger partial charge in [0.15, 0.2) is 0 Å². The van der Waals surface area contributed by atoms with E-state index in [0.29, 0.717) is 5.41 Å². The zero-order valence-electron chi connectivity index (χ0n) is 16.3. The van der Waals surface area contributed by atoms with Crippen LogP contribution in [-0.2, 0) is 0 Å². The summed E-state index contributed by atoms with van der Waals surface area (Å²) < 4.78 is 0. The minimum atomic E-state index is 0.483. The Bertz CT molecular complexity index is 226. The fourth-order valence-electron chi connectivity index (χ4n) is 3.70. The van der Waals surface area contributed by atoms with Crippen molar-refractivity contribution in [3.63, 3.8) is 0 Å². The molecule has 0 aliphatic heterocycles. The lowest BCUT2D eigenvalue weighted by Gasteiger charge is -2.42. The van der Waals surface area contributed by atoms with Crippen molar-refractivity contribution in [1.29, 1.82) is 0 Å². The molecule has 0 aromatic carbocycles. The molecule has 2 atom stereocenters. The average molecular weight is 297 g/mol. The van der Waals surface area contributed by atoms with Gasteiger partial charge in [-0.1, -0.05) is 106 Å². The van der Waals surface area contributed by atoms with Gasteiger partial charge in [-0.05, 0) is 29.6 Å². The second-order valence-electron chi connectivity index (χ2n) is 8.26. The summed E-state index contributed by atoms with van der Waals surface area (Å²) in [6, 6.07) is 0. The van der Waals surface area contributed by atoms with E-state index in [1.807, 2.05) is 0 Å². The van der Waals surface area contributed by atoms with Crippen molar-refractivity contribution in [3.8, 4) is 0 Å². The SMILES string of the molecule is CCCCCCCC(C(C)CCCCC)C(C)(C)C(C)C. The predicted octanol–water partition coefficient (Wildman–Crippen LogP) is 7.86. The van der Waals surface area contributed by atoms with Crippen molar-refractivity contribution >= 4 is 0 Å². The molecule has 0 heteroatoms. The van der Waals surface area contributed by atoms with Gasteiger partial charge in [0.1, 0.15) is 0 Å². The van der Waals surface area contributed by atoms with Crippen molar-refractivity contribution in [2.45, 2.75) is 113 Å². The summed E-state index contributed by atoms with van der Waals surface area (Å²) in [4.78, 5) is 0. The van der Waals surface area contributed by atoms with Gasteiger partial charge in [0.25, 0.3) is 0 Å². The molecule has 21 heavy (non-hydrogen) atoms. The van der Waals surface area contributed by atoms with Crippen molar-refractivity contribution < 1.29 is 0 Å². The van der Waals surface area contributed by atoms with Crippen molar-refractivity contribution in [1.82, 2.24) is 0 Å². The predicted molar refractivity (Wildman–Crippen MR) is 98.8 cm³/mol. The van der Waals surface area contributed by atoms with Crippen LogP contribution in [0.15, 0.2) is 0 Å². The van der Waals surface area contributed by atoms with Crippen LogP contribution in [0.1, 0.15) is 113 Å². The van der Waals surface area contributed by atoms with Gasteiger partial charge in [0, 0.05) is 0 Å². The summed E-state index contributed by atoms with van der Waals surface area (Å²) in [6.07, 6.45) is 14.2. The Hall–Kier alpha value is 0. The first kappa shape index (κ1) is 21.0. The Morgan fingerprint density at radius 3 is 1.67 bits per heavy atom. The van der Waals surface area contributed by atoms with Gasteiger partial charge in [-0.3, -0.25) is 0 Å². The van der Waals surface area contributed by atoms with Crippen LogP contribution in [-0.4, -0.2) is 0 Å². The second kappa shape index (κ2) is 11.6. The van der Waals surface area contributed by atoms with Gasteiger partial charge >= 0.3 is 0 Å². The molecule has 0 aliphatic rings. The van der Waals surface area contributed by atoms with Crippen LogP contribution in [0.2, 0.25) is 0 Å². The molecule has 2 unspecified atom stereocenters. The Labute approximate surface area is 136 Å². The topological polar surface area (TPSA) is 0 Å². The minimum Gasteiger partial charge on any atom is -0.0654 e. The summed E-state index contributed by atoms with van der Waals surface area (Å²) in [5.41, 5.74) is 0.483. The molecule has 0 heterocycles. The van der Waals surface area contributed by atoms with E-state index < -0.39 is 0 Å². The highest BCUT2D eigenvalue weighted by molar-refractivity contribution is 4.84. The number of rotatable bonds is 13. The average Bonchev–Trinajstić information content (AvgIpc) is 2.42. The van der Waals surface area contributed by atoms with Crippen molar-refractivity contribution in [2.75, 3.05) is 0 Å². The van der Waals surface area contributed by atoms with Crippen LogP contribution in [0.25, 0.3) is 0 Å². The molecule has 0 rings (SSSR count). The van der Waals surface area contributed by atoms with Crippen LogP contribution in [0.5, 0.6) is 0 Å². The molecule has 0 saturated carbocycles. The van der Waals surface area contributed by atoms with Gasteiger partial charge in [-0.15, -0.1) is 0 Å². The van der Waals surface area contributed by atoms with Crippen LogP contribution < -0.4 is 0 Å². The van der Waals surface area contributed by atoms with E-state index in [2.05, 4.69) is 48.5 Å². The fraction of sp³-hybridized carbons (Fsp3) is 1.00. The Morgan fingerprint density at radius 2 is 1.14 bits per heavy atom. The van der Waals surface area contributed by atoms with E-state index >= 15 is 0 Å². The minimum absolute atomic E-state index is 0.483. The highest BCUT2D eigenvalue weighted by atomic mass is 14.4. The third-order valence-corrected chi connectivity index (χ3v) is 6.01. The molecule has 0 aromatic heterocycles. The lowest BCUT2D eigenvalue weighted by atomic mass is 9.63. The standard InChI is InChI=1S/C21H44/c1-8-10-12-13-15-17-20(21(6,7)18(3)4)19(5)16-14-11-9-2/h18-20H,8-17H2,1-7H3. The molecule has 0 amide bonds. The quantitative estimate of drug-likeness (QED) is 0.303. The summed E-state index contributed by atoms with van der Waals surface area (Å²) >= 11 is 0. The van der Waals surface area contributed by atoms with E-state index in [9.17, 15) is 0 Å². The van der Waals surface area contributed by atoms with E-state index in [1.54, 1.807) is 0 Å². The van der Waals surface area contributed by atoms with Crippen LogP contribution in [0, 0.1) is 23.2 Å². The van der Waals surface area contributed by atoms with E-state index in [-0.39, 0.29) is 0 Å². The number of hydrogen-bond acceptors (Lipinski definition) is 0. The monoisotopic (exact) mass is 296 g/mol. The molecule has 0 bridgehead atoms. The smallest absolute Gasteiger partial charge is 0.0300 e. The highest BCUT2D eigenvalue weighted by Gasteiger charge is 2.35. The molecular formula is C21H44. The third-order valence-electron chi connectivity index (χ3n) is 6.01. The summed E-state index contributed by atoms with van der Waals surface area (Å²) in [5.74, 6) is 2.57. The van der Waals surface area contributed by atoms with Gasteiger partial charge < -0.3 is 0 Å². The number of hydrogen-bond donors (Lipinski definition) is 0. The molecule has 0 fully saturated rings. The van der Waals surface area contributed by atoms with Crippen LogP contribution in [0.4, 0.5) is 0 Å². The fourth-order valence-corrected chi connectivity index (χ4v) is 3.70. The largest absolute Gasteiger partial charge is 0.0654 e. The zero-order valence-corrected chi connectivity index (χ0v) is 16.3. The van der Waals surface area contributed by atoms with Gasteiger partial charge in [-0.25, -0.2) is 0 Å². The maximum absolute atomic E-state index is 2.52. The third kappa shape index (κ3) is 8.27. The first-order chi connectivity index (χ1) is 9.87. The zero-order chi connectivity index (χ0) is 16.3. The molecule has 0 aliphatic carbocycles. The second-order valence-corrected chi connectivity index (χ2v) is 8.26. The summed E-state index contributed by atoms with van der Waals surface area (Å²) in [7, 11) is 0. The van der Waals surface area contributed by atoms with E-state index in [4.69, 9.17) is 0 Å². The van der Waals surface area contributed by atoms with Gasteiger partial charge in [0.2, 0.25) is 0 Å². The molecule has 128 valence electrons. The maximum atomic E-state index is 2.52. The summed E-state index contributed by atoms with van der Waals surface area (Å²) in [6.45, 7) is 17.0. The number of unbranched alkanes of at least 4 members (excludes halogenated alkanes) is 6. The molecule has 0 aromatic rings. The lowest BCUT2D eigenvalue weighted by Crippen LogP contribution is -2.34. The molecular weight excluding hydrogens is 252 g/mol. The first-order valence-corrected chi connectivity index (χ1v) is 9.87. The molecule has 0 radical (unpaired) electrons. The molecule has 0 spiro atoms. The van der Waals surface area contributed by atoms with Crippen molar-refractivity contribution in [2.24, 2.45) is 23.2 Å². The van der Waals surface area contributed by atoms with Crippen LogP contribution in [0.3, 0.4) is 0 Å². The van der Waals surface area contributed by atoms with Crippen LogP contribution >= 0.6 is 0 Å². The Kier molecular flexibility index (Phi) is 11.6. The normalized spacial score (nSPS) is 15.4. The summed E-state index contributed by atoms with van der Waals surface area (Å²) in [5, 5.41) is 0. The maximum Gasteiger partial charge on any atom is -0.0300 e. The Balaban J connectivity index is 4.47. The first-order valence-electron chi connectivity index (χ1n) is 9.87. The molecule has 0 saturated heterocycles. The lowest BCUT2D eigenvalue weighted by molar-refractivity contribution is 0.0754. The molecule has 0 nitrogen and oxygen atoms in total. The van der Waals surface area contributed by atoms with E-state index in [1.165, 1.54) is 64.2 Å². The van der Waals surface area contributed by atoms with Crippen molar-refractivity contribution in [3.05, 3.63) is 0 Å². The van der Waals surface area contributed by atoms with E-state index in [0.717, 1.165) is 17.8 Å². The van der Waals surface area contributed by atoms with Gasteiger partial charge in [-0.2, -0.15) is 0 Å². The Morgan fingerprint density at radius 1 is 0.667 bits per heavy atom. The molecule has 0 N–H and O–H groups in total. The van der Waals surface area contributed by atoms with Gasteiger partial charge in [0.05, 0.1) is 0 Å². The highest BCUT2D eigenvalue weighted by Crippen LogP contribution is 2.43.